The van der Waals surface area contributed by atoms with Gasteiger partial charge in [0.25, 0.3) is 0 Å². The van der Waals surface area contributed by atoms with E-state index in [1.165, 1.54) is 0 Å². The summed E-state index contributed by atoms with van der Waals surface area (Å²) in [6.45, 7) is 12.0. The number of hydrogen-bond acceptors (Lipinski definition) is 7. The molecule has 23 heavy (non-hydrogen) atoms. The Hall–Kier alpha value is 0.588. The molecule has 0 radical (unpaired) electrons. The van der Waals surface area contributed by atoms with Gasteiger partial charge in [0.05, 0.1) is 12.5 Å². The molecule has 0 N–H and O–H groups in total. The average Bonchev–Trinajstić information content (AvgIpc) is 2.36. The molecule has 0 aromatic heterocycles. The third kappa shape index (κ3) is 9.02. The minimum absolute atomic E-state index is 0.459. The van der Waals surface area contributed by atoms with Crippen molar-refractivity contribution in [3.05, 3.63) is 0 Å². The highest BCUT2D eigenvalue weighted by atomic mass is 28.5. The van der Waals surface area contributed by atoms with Gasteiger partial charge in [-0.25, -0.2) is 0 Å². The van der Waals surface area contributed by atoms with Crippen LogP contribution < -0.4 is 0 Å². The van der Waals surface area contributed by atoms with E-state index in [1.54, 1.807) is 28.4 Å². The summed E-state index contributed by atoms with van der Waals surface area (Å²) in [4.78, 5) is 0. The third-order valence-electron chi connectivity index (χ3n) is 3.09. The largest absolute Gasteiger partial charge is 0.416 e. The van der Waals surface area contributed by atoms with E-state index >= 15 is 0 Å². The first-order valence-electron chi connectivity index (χ1n) is 7.55. The van der Waals surface area contributed by atoms with E-state index in [9.17, 15) is 0 Å². The molecule has 0 rings (SSSR count). The molecule has 2 unspecified atom stereocenters. The standard InChI is InChI=1S/C12H34O7Si4/c1-13-11-22(9,15-3)18-20(5,6)17-21(7,8)19-23(10,16-4)12-14-2/h11-12H2,1-10H3. The molecule has 0 aliphatic rings. The zero-order valence-electron chi connectivity index (χ0n) is 16.3. The fourth-order valence-electron chi connectivity index (χ4n) is 2.46. The van der Waals surface area contributed by atoms with Gasteiger partial charge >= 0.3 is 34.2 Å². The predicted octanol–water partition coefficient (Wildman–Crippen LogP) is 2.25. The highest BCUT2D eigenvalue weighted by Gasteiger charge is 2.47. The Morgan fingerprint density at radius 2 is 0.826 bits per heavy atom. The van der Waals surface area contributed by atoms with E-state index in [4.69, 9.17) is 30.7 Å². The summed E-state index contributed by atoms with van der Waals surface area (Å²) >= 11 is 0. The van der Waals surface area contributed by atoms with Gasteiger partial charge in [-0.15, -0.1) is 0 Å². The van der Waals surface area contributed by atoms with E-state index in [0.717, 1.165) is 0 Å². The van der Waals surface area contributed by atoms with Crippen molar-refractivity contribution in [2.45, 2.75) is 39.3 Å². The maximum atomic E-state index is 6.34. The molecular weight excluding hydrogens is 368 g/mol. The Morgan fingerprint density at radius 3 is 1.04 bits per heavy atom. The molecule has 0 heterocycles. The fraction of sp³-hybridized carbons (Fsp3) is 1.00. The smallest absolute Gasteiger partial charge is 0.352 e. The van der Waals surface area contributed by atoms with Crippen LogP contribution in [-0.2, 0) is 30.7 Å². The summed E-state index contributed by atoms with van der Waals surface area (Å²) in [6, 6.07) is 0. The molecule has 0 amide bonds. The maximum Gasteiger partial charge on any atom is 0.352 e. The van der Waals surface area contributed by atoms with E-state index in [1.807, 2.05) is 39.3 Å². The summed E-state index contributed by atoms with van der Waals surface area (Å²) in [5, 5.41) is 0. The molecule has 0 aromatic rings. The molecule has 7 nitrogen and oxygen atoms in total. The lowest BCUT2D eigenvalue weighted by molar-refractivity contribution is 0.169. The maximum absolute atomic E-state index is 6.34. The van der Waals surface area contributed by atoms with Gasteiger partial charge in [0, 0.05) is 28.4 Å². The quantitative estimate of drug-likeness (QED) is 0.464. The summed E-state index contributed by atoms with van der Waals surface area (Å²) in [5.41, 5.74) is 0. The van der Waals surface area contributed by atoms with Gasteiger partial charge < -0.3 is 30.7 Å². The second kappa shape index (κ2) is 9.33. The van der Waals surface area contributed by atoms with Gasteiger partial charge in [0.15, 0.2) is 0 Å². The highest BCUT2D eigenvalue weighted by Crippen LogP contribution is 2.24. The molecule has 0 aliphatic carbocycles. The van der Waals surface area contributed by atoms with Crippen molar-refractivity contribution >= 4 is 34.2 Å². The normalized spacial score (nSPS) is 18.5. The minimum atomic E-state index is -2.45. The van der Waals surface area contributed by atoms with Crippen LogP contribution in [0.5, 0.6) is 0 Å². The lowest BCUT2D eigenvalue weighted by Gasteiger charge is -2.40. The van der Waals surface area contributed by atoms with Gasteiger partial charge in [-0.1, -0.05) is 0 Å². The molecule has 0 bridgehead atoms. The second-order valence-corrected chi connectivity index (χ2v) is 20.6. The van der Waals surface area contributed by atoms with Crippen LogP contribution in [0.15, 0.2) is 0 Å². The van der Waals surface area contributed by atoms with Crippen molar-refractivity contribution in [1.82, 2.24) is 0 Å². The predicted molar refractivity (Wildman–Crippen MR) is 99.2 cm³/mol. The van der Waals surface area contributed by atoms with Crippen LogP contribution in [0.25, 0.3) is 0 Å². The van der Waals surface area contributed by atoms with Crippen molar-refractivity contribution < 1.29 is 30.7 Å². The number of methoxy groups -OCH3 is 2. The van der Waals surface area contributed by atoms with E-state index in [2.05, 4.69) is 0 Å². The molecule has 0 spiro atoms. The van der Waals surface area contributed by atoms with Gasteiger partial charge in [0.2, 0.25) is 0 Å². The molecule has 0 fully saturated rings. The Bertz CT molecular complexity index is 326. The first-order chi connectivity index (χ1) is 10.4. The van der Waals surface area contributed by atoms with Gasteiger partial charge in [-0.3, -0.25) is 0 Å². The van der Waals surface area contributed by atoms with Gasteiger partial charge in [-0.05, 0) is 39.3 Å². The van der Waals surface area contributed by atoms with Crippen LogP contribution in [0.2, 0.25) is 39.3 Å². The lowest BCUT2D eigenvalue weighted by Crippen LogP contribution is -2.60. The van der Waals surface area contributed by atoms with Gasteiger partial charge in [0.1, 0.15) is 0 Å². The van der Waals surface area contributed by atoms with Crippen molar-refractivity contribution in [1.29, 1.82) is 0 Å². The van der Waals surface area contributed by atoms with Crippen LogP contribution >= 0.6 is 0 Å². The van der Waals surface area contributed by atoms with Crippen molar-refractivity contribution in [3.63, 3.8) is 0 Å². The Morgan fingerprint density at radius 1 is 0.522 bits per heavy atom. The number of ether oxygens (including phenoxy) is 2. The minimum Gasteiger partial charge on any atom is -0.416 e. The zero-order chi connectivity index (χ0) is 18.4. The SMILES string of the molecule is COC[Si](C)(OC)O[Si](C)(C)O[Si](C)(C)O[Si](C)(COC)OC. The third-order valence-corrected chi connectivity index (χ3v) is 17.8. The summed E-state index contributed by atoms with van der Waals surface area (Å²) < 4.78 is 40.5. The molecule has 0 aliphatic heterocycles. The lowest BCUT2D eigenvalue weighted by atomic mass is 11.5. The fourth-order valence-corrected chi connectivity index (χ4v) is 19.0. The summed E-state index contributed by atoms with van der Waals surface area (Å²) in [5.74, 6) is 0. The Labute approximate surface area is 145 Å². The Balaban J connectivity index is 4.97. The number of hydrogen-bond donors (Lipinski definition) is 0. The highest BCUT2D eigenvalue weighted by molar-refractivity contribution is 6.87. The van der Waals surface area contributed by atoms with Crippen molar-refractivity contribution in [3.8, 4) is 0 Å². The van der Waals surface area contributed by atoms with Crippen molar-refractivity contribution in [2.75, 3.05) is 40.9 Å². The number of rotatable bonds is 12. The molecule has 140 valence electrons. The average molecular weight is 403 g/mol. The first kappa shape index (κ1) is 23.6. The zero-order valence-corrected chi connectivity index (χ0v) is 20.3. The van der Waals surface area contributed by atoms with Crippen LogP contribution in [0, 0.1) is 0 Å². The summed E-state index contributed by atoms with van der Waals surface area (Å²) in [6.07, 6.45) is 0.917. The van der Waals surface area contributed by atoms with Crippen LogP contribution in [0.1, 0.15) is 0 Å². The van der Waals surface area contributed by atoms with Gasteiger partial charge in [-0.2, -0.15) is 0 Å². The molecule has 2 atom stereocenters. The Kier molecular flexibility index (Phi) is 9.57. The van der Waals surface area contributed by atoms with Crippen LogP contribution in [-0.4, -0.2) is 75.1 Å². The topological polar surface area (TPSA) is 64.6 Å². The molecule has 0 aromatic carbocycles. The monoisotopic (exact) mass is 402 g/mol. The van der Waals surface area contributed by atoms with Crippen LogP contribution in [0.4, 0.5) is 0 Å². The van der Waals surface area contributed by atoms with Crippen LogP contribution in [0.3, 0.4) is 0 Å². The molecule has 0 saturated carbocycles. The van der Waals surface area contributed by atoms with E-state index in [-0.39, 0.29) is 0 Å². The molecule has 0 saturated heterocycles. The second-order valence-electron chi connectivity index (χ2n) is 6.65. The van der Waals surface area contributed by atoms with Crippen molar-refractivity contribution in [2.24, 2.45) is 0 Å². The first-order valence-corrected chi connectivity index (χ1v) is 18.2. The molecule has 11 heteroatoms. The summed E-state index contributed by atoms with van der Waals surface area (Å²) in [7, 11) is -3.11. The van der Waals surface area contributed by atoms with E-state index < -0.39 is 34.2 Å². The molecular formula is C12H34O7Si4. The van der Waals surface area contributed by atoms with E-state index in [0.29, 0.717) is 12.5 Å².